The lowest BCUT2D eigenvalue weighted by Crippen LogP contribution is -2.48. The van der Waals surface area contributed by atoms with E-state index in [9.17, 15) is 9.59 Å². The predicted molar refractivity (Wildman–Crippen MR) is 83.1 cm³/mol. The zero-order chi connectivity index (χ0) is 15.7. The van der Waals surface area contributed by atoms with E-state index in [4.69, 9.17) is 10.8 Å². The van der Waals surface area contributed by atoms with Crippen LogP contribution in [0.4, 0.5) is 0 Å². The molecule has 5 heteroatoms. The molecular formula is C17H28N2O3. The van der Waals surface area contributed by atoms with Crippen molar-refractivity contribution >= 4 is 11.9 Å². The van der Waals surface area contributed by atoms with Gasteiger partial charge in [-0.3, -0.25) is 9.59 Å². The minimum absolute atomic E-state index is 0.144. The lowest BCUT2D eigenvalue weighted by molar-refractivity contribution is -0.138. The number of hydrogen-bond acceptors (Lipinski definition) is 3. The van der Waals surface area contributed by atoms with Crippen LogP contribution in [0.2, 0.25) is 0 Å². The van der Waals surface area contributed by atoms with E-state index in [1.54, 1.807) is 0 Å². The van der Waals surface area contributed by atoms with Gasteiger partial charge < -0.3 is 16.2 Å². The third-order valence-corrected chi connectivity index (χ3v) is 6.03. The molecule has 4 bridgehead atoms. The molecule has 0 spiro atoms. The van der Waals surface area contributed by atoms with E-state index < -0.39 is 12.0 Å². The first kappa shape index (κ1) is 15.8. The van der Waals surface area contributed by atoms with Gasteiger partial charge in [-0.25, -0.2) is 0 Å². The number of nitrogens with two attached hydrogens (primary N) is 1. The minimum Gasteiger partial charge on any atom is -0.480 e. The van der Waals surface area contributed by atoms with Gasteiger partial charge in [-0.2, -0.15) is 0 Å². The van der Waals surface area contributed by atoms with Crippen molar-refractivity contribution in [3.05, 3.63) is 0 Å². The van der Waals surface area contributed by atoms with Gasteiger partial charge in [-0.15, -0.1) is 0 Å². The maximum atomic E-state index is 12.2. The van der Waals surface area contributed by atoms with Gasteiger partial charge in [0.25, 0.3) is 0 Å². The van der Waals surface area contributed by atoms with Crippen molar-refractivity contribution in [2.75, 3.05) is 6.54 Å². The summed E-state index contributed by atoms with van der Waals surface area (Å²) in [6.07, 6.45) is 9.63. The molecule has 4 rings (SSSR count). The molecule has 0 heterocycles. The highest BCUT2D eigenvalue weighted by Crippen LogP contribution is 2.61. The van der Waals surface area contributed by atoms with Gasteiger partial charge in [-0.05, 0) is 74.5 Å². The number of carboxylic acids is 1. The van der Waals surface area contributed by atoms with Gasteiger partial charge in [0.15, 0.2) is 0 Å². The summed E-state index contributed by atoms with van der Waals surface area (Å²) >= 11 is 0. The van der Waals surface area contributed by atoms with E-state index in [-0.39, 0.29) is 11.3 Å². The molecule has 4 aliphatic carbocycles. The van der Waals surface area contributed by atoms with Crippen LogP contribution in [0.3, 0.4) is 0 Å². The topological polar surface area (TPSA) is 92.4 Å². The van der Waals surface area contributed by atoms with Crippen LogP contribution in [0.15, 0.2) is 0 Å². The molecule has 4 saturated carbocycles. The van der Waals surface area contributed by atoms with Crippen molar-refractivity contribution in [2.24, 2.45) is 28.9 Å². The number of aliphatic carboxylic acids is 1. The maximum Gasteiger partial charge on any atom is 0.320 e. The summed E-state index contributed by atoms with van der Waals surface area (Å²) in [5.74, 6) is 1.78. The zero-order valence-corrected chi connectivity index (χ0v) is 13.2. The number of carboxylic acid groups (broad SMARTS) is 1. The summed E-state index contributed by atoms with van der Waals surface area (Å²) < 4.78 is 0. The van der Waals surface area contributed by atoms with Crippen molar-refractivity contribution in [3.8, 4) is 0 Å². The largest absolute Gasteiger partial charge is 0.480 e. The van der Waals surface area contributed by atoms with Crippen LogP contribution in [0.1, 0.15) is 57.8 Å². The smallest absolute Gasteiger partial charge is 0.320 e. The first-order valence-electron chi connectivity index (χ1n) is 8.71. The fraction of sp³-hybridized carbons (Fsp3) is 0.882. The van der Waals surface area contributed by atoms with Crippen LogP contribution in [0.25, 0.3) is 0 Å². The second-order valence-electron chi connectivity index (χ2n) is 8.03. The number of carbonyl (C=O) groups excluding carboxylic acids is 1. The molecule has 1 atom stereocenters. The van der Waals surface area contributed by atoms with Gasteiger partial charge in [-0.1, -0.05) is 0 Å². The Bertz CT molecular complexity index is 414. The summed E-state index contributed by atoms with van der Waals surface area (Å²) in [7, 11) is 0. The highest BCUT2D eigenvalue weighted by Gasteiger charge is 2.51. The second-order valence-corrected chi connectivity index (χ2v) is 8.03. The minimum atomic E-state index is -0.972. The molecule has 0 saturated heterocycles. The van der Waals surface area contributed by atoms with Gasteiger partial charge >= 0.3 is 5.97 Å². The fourth-order valence-corrected chi connectivity index (χ4v) is 5.58. The van der Waals surface area contributed by atoms with E-state index in [0.717, 1.165) is 17.8 Å². The van der Waals surface area contributed by atoms with Crippen LogP contribution in [-0.2, 0) is 9.59 Å². The number of nitrogens with one attached hydrogen (secondary N) is 1. The molecule has 0 aromatic carbocycles. The summed E-state index contributed by atoms with van der Waals surface area (Å²) in [6.45, 7) is 0.534. The van der Waals surface area contributed by atoms with E-state index in [1.807, 2.05) is 0 Å². The molecule has 124 valence electrons. The Morgan fingerprint density at radius 1 is 1.14 bits per heavy atom. The molecular weight excluding hydrogens is 280 g/mol. The summed E-state index contributed by atoms with van der Waals surface area (Å²) in [6, 6.07) is -0.819. The Balaban J connectivity index is 1.41. The van der Waals surface area contributed by atoms with E-state index >= 15 is 0 Å². The lowest BCUT2D eigenvalue weighted by Gasteiger charge is -2.56. The van der Waals surface area contributed by atoms with Crippen molar-refractivity contribution < 1.29 is 14.7 Å². The second kappa shape index (κ2) is 6.19. The molecule has 22 heavy (non-hydrogen) atoms. The third-order valence-electron chi connectivity index (χ3n) is 6.03. The van der Waals surface area contributed by atoms with Gasteiger partial charge in [0.2, 0.25) is 5.91 Å². The molecule has 0 aromatic rings. The number of carbonyl (C=O) groups is 2. The quantitative estimate of drug-likeness (QED) is 0.626. The van der Waals surface area contributed by atoms with Crippen molar-refractivity contribution in [1.29, 1.82) is 0 Å². The van der Waals surface area contributed by atoms with Crippen LogP contribution < -0.4 is 11.1 Å². The van der Waals surface area contributed by atoms with Crippen molar-refractivity contribution in [3.63, 3.8) is 0 Å². The first-order valence-corrected chi connectivity index (χ1v) is 8.71. The normalized spacial score (nSPS) is 37.0. The Labute approximate surface area is 132 Å². The molecule has 1 amide bonds. The summed E-state index contributed by atoms with van der Waals surface area (Å²) in [5, 5.41) is 11.7. The monoisotopic (exact) mass is 308 g/mol. The summed E-state index contributed by atoms with van der Waals surface area (Å²) in [4.78, 5) is 22.9. The molecule has 0 radical (unpaired) electrons. The Kier molecular flexibility index (Phi) is 4.44. The van der Waals surface area contributed by atoms with Crippen LogP contribution in [0.5, 0.6) is 0 Å². The standard InChI is InChI=1S/C17H28N2O3/c18-14(16(21)22)2-1-3-19-15(20)10-17-7-11-4-12(8-17)6-13(5-11)9-17/h11-14H,1-10,18H2,(H,19,20)(H,21,22). The average molecular weight is 308 g/mol. The van der Waals surface area contributed by atoms with E-state index in [2.05, 4.69) is 5.32 Å². The van der Waals surface area contributed by atoms with Crippen LogP contribution in [-0.4, -0.2) is 29.6 Å². The molecule has 0 aliphatic heterocycles. The number of hydrogen-bond donors (Lipinski definition) is 3. The molecule has 4 N–H and O–H groups in total. The lowest BCUT2D eigenvalue weighted by atomic mass is 9.49. The van der Waals surface area contributed by atoms with Crippen LogP contribution in [0, 0.1) is 23.2 Å². The number of amides is 1. The van der Waals surface area contributed by atoms with E-state index in [1.165, 1.54) is 38.5 Å². The maximum absolute atomic E-state index is 12.2. The summed E-state index contributed by atoms with van der Waals surface area (Å²) in [5.41, 5.74) is 5.73. The third kappa shape index (κ3) is 3.45. The Hall–Kier alpha value is -1.10. The highest BCUT2D eigenvalue weighted by molar-refractivity contribution is 5.76. The predicted octanol–water partition coefficient (Wildman–Crippen LogP) is 1.90. The SMILES string of the molecule is NC(CCCNC(=O)CC12CC3CC(CC(C3)C1)C2)C(=O)O. The zero-order valence-electron chi connectivity index (χ0n) is 13.2. The average Bonchev–Trinajstić information content (AvgIpc) is 2.41. The molecule has 1 unspecified atom stereocenters. The number of rotatable bonds is 7. The molecule has 0 aromatic heterocycles. The molecule has 4 aliphatic rings. The fourth-order valence-electron chi connectivity index (χ4n) is 5.58. The Morgan fingerprint density at radius 2 is 1.68 bits per heavy atom. The first-order chi connectivity index (χ1) is 10.5. The van der Waals surface area contributed by atoms with Crippen molar-refractivity contribution in [2.45, 2.75) is 63.8 Å². The van der Waals surface area contributed by atoms with Gasteiger partial charge in [0.1, 0.15) is 6.04 Å². The van der Waals surface area contributed by atoms with Gasteiger partial charge in [0, 0.05) is 13.0 Å². The van der Waals surface area contributed by atoms with E-state index in [0.29, 0.717) is 25.8 Å². The van der Waals surface area contributed by atoms with Crippen molar-refractivity contribution in [1.82, 2.24) is 5.32 Å². The van der Waals surface area contributed by atoms with Gasteiger partial charge in [0.05, 0.1) is 0 Å². The molecule has 4 fully saturated rings. The van der Waals surface area contributed by atoms with Crippen LogP contribution >= 0.6 is 0 Å². The Morgan fingerprint density at radius 3 is 2.18 bits per heavy atom. The molecule has 5 nitrogen and oxygen atoms in total. The highest BCUT2D eigenvalue weighted by atomic mass is 16.4.